The van der Waals surface area contributed by atoms with Crippen LogP contribution in [0.1, 0.15) is 28.5 Å². The molecule has 1 aliphatic heterocycles. The molecule has 0 fully saturated rings. The molecule has 0 amide bonds. The molecule has 0 saturated carbocycles. The molecule has 0 spiro atoms. The van der Waals surface area contributed by atoms with Gasteiger partial charge in [-0.3, -0.25) is 0 Å². The van der Waals surface area contributed by atoms with Crippen LogP contribution in [-0.2, 0) is 10.0 Å². The Kier molecular flexibility index (Phi) is 4.43. The monoisotopic (exact) mass is 370 g/mol. The summed E-state index contributed by atoms with van der Waals surface area (Å²) in [7, 11) is -2.53. The van der Waals surface area contributed by atoms with E-state index in [2.05, 4.69) is 9.10 Å². The standard InChI is InChI=1S/C14H14N2O6S2/c1-21-10-4-2-3-8-9(5-6-22-13(8)10)16-24(19,20)11-7-23-15-12(11)14(17)18/h2-4,7,9,16H,5-6H2,1H3,(H,17,18). The fourth-order valence-electron chi connectivity index (χ4n) is 2.49. The van der Waals surface area contributed by atoms with Crippen molar-refractivity contribution < 1.29 is 27.8 Å². The van der Waals surface area contributed by atoms with Gasteiger partial charge in [-0.15, -0.1) is 0 Å². The first-order valence-electron chi connectivity index (χ1n) is 6.93. The topological polar surface area (TPSA) is 115 Å². The number of methoxy groups -OCH3 is 1. The molecule has 1 aliphatic rings. The van der Waals surface area contributed by atoms with Gasteiger partial charge in [-0.05, 0) is 17.6 Å². The highest BCUT2D eigenvalue weighted by atomic mass is 32.2. The van der Waals surface area contributed by atoms with Crippen molar-refractivity contribution in [2.24, 2.45) is 0 Å². The van der Waals surface area contributed by atoms with Crippen molar-refractivity contribution in [2.75, 3.05) is 13.7 Å². The molecule has 128 valence electrons. The molecule has 3 rings (SSSR count). The van der Waals surface area contributed by atoms with Crippen LogP contribution in [0.5, 0.6) is 11.5 Å². The van der Waals surface area contributed by atoms with Crippen LogP contribution in [0, 0.1) is 0 Å². The molecule has 0 bridgehead atoms. The second-order valence-electron chi connectivity index (χ2n) is 5.02. The largest absolute Gasteiger partial charge is 0.493 e. The molecule has 1 atom stereocenters. The number of nitrogens with one attached hydrogen (secondary N) is 1. The van der Waals surface area contributed by atoms with E-state index in [9.17, 15) is 13.2 Å². The minimum atomic E-state index is -4.03. The summed E-state index contributed by atoms with van der Waals surface area (Å²) in [6.07, 6.45) is 0.416. The molecule has 1 aromatic heterocycles. The molecule has 0 saturated heterocycles. The highest BCUT2D eigenvalue weighted by Crippen LogP contribution is 2.39. The number of hydrogen-bond acceptors (Lipinski definition) is 7. The fraction of sp³-hybridized carbons (Fsp3) is 0.286. The molecule has 1 unspecified atom stereocenters. The predicted molar refractivity (Wildman–Crippen MR) is 85.2 cm³/mol. The average Bonchev–Trinajstić information content (AvgIpc) is 3.05. The summed E-state index contributed by atoms with van der Waals surface area (Å²) in [4.78, 5) is 10.8. The van der Waals surface area contributed by atoms with Gasteiger partial charge in [0, 0.05) is 17.4 Å². The maximum absolute atomic E-state index is 12.6. The van der Waals surface area contributed by atoms with E-state index in [4.69, 9.17) is 14.6 Å². The maximum Gasteiger partial charge on any atom is 0.357 e. The number of fused-ring (bicyclic) bond motifs is 1. The normalized spacial score (nSPS) is 17.0. The van der Waals surface area contributed by atoms with E-state index in [1.807, 2.05) is 0 Å². The van der Waals surface area contributed by atoms with Crippen LogP contribution < -0.4 is 14.2 Å². The minimum absolute atomic E-state index is 0.314. The Morgan fingerprint density at radius 3 is 3.00 bits per heavy atom. The summed E-state index contributed by atoms with van der Waals surface area (Å²) in [6.45, 7) is 0.314. The van der Waals surface area contributed by atoms with Crippen LogP contribution in [-0.4, -0.2) is 37.6 Å². The summed E-state index contributed by atoms with van der Waals surface area (Å²) >= 11 is 0.780. The second kappa shape index (κ2) is 6.38. The summed E-state index contributed by atoms with van der Waals surface area (Å²) in [5.41, 5.74) is 0.162. The minimum Gasteiger partial charge on any atom is -0.493 e. The molecule has 0 aliphatic carbocycles. The molecule has 8 nitrogen and oxygen atoms in total. The van der Waals surface area contributed by atoms with Gasteiger partial charge in [0.05, 0.1) is 19.8 Å². The number of carboxylic acids is 1. The lowest BCUT2D eigenvalue weighted by atomic mass is 10.0. The number of para-hydroxylation sites is 1. The number of sulfonamides is 1. The van der Waals surface area contributed by atoms with Gasteiger partial charge in [0.1, 0.15) is 4.90 Å². The molecule has 2 heterocycles. The van der Waals surface area contributed by atoms with Crippen molar-refractivity contribution in [1.82, 2.24) is 9.10 Å². The first-order chi connectivity index (χ1) is 11.4. The van der Waals surface area contributed by atoms with E-state index < -0.39 is 27.7 Å². The van der Waals surface area contributed by atoms with Crippen LogP contribution >= 0.6 is 11.5 Å². The molecule has 2 N–H and O–H groups in total. The predicted octanol–water partition coefficient (Wildman–Crippen LogP) is 1.65. The van der Waals surface area contributed by atoms with Gasteiger partial charge in [-0.25, -0.2) is 17.9 Å². The smallest absolute Gasteiger partial charge is 0.357 e. The van der Waals surface area contributed by atoms with Crippen molar-refractivity contribution in [3.05, 3.63) is 34.8 Å². The number of aromatic nitrogens is 1. The third kappa shape index (κ3) is 2.95. The molecule has 10 heteroatoms. The number of benzene rings is 1. The first-order valence-corrected chi connectivity index (χ1v) is 9.25. The van der Waals surface area contributed by atoms with Gasteiger partial charge >= 0.3 is 5.97 Å². The van der Waals surface area contributed by atoms with E-state index in [0.717, 1.165) is 11.5 Å². The van der Waals surface area contributed by atoms with E-state index in [1.165, 1.54) is 12.5 Å². The van der Waals surface area contributed by atoms with Crippen molar-refractivity contribution in [3.63, 3.8) is 0 Å². The second-order valence-corrected chi connectivity index (χ2v) is 7.33. The van der Waals surface area contributed by atoms with Crippen molar-refractivity contribution >= 4 is 27.5 Å². The number of ether oxygens (including phenoxy) is 2. The quantitative estimate of drug-likeness (QED) is 0.822. The Morgan fingerprint density at radius 1 is 1.50 bits per heavy atom. The Labute approximate surface area is 142 Å². The SMILES string of the molecule is COc1cccc2c1OCCC2NS(=O)(=O)c1csnc1C(=O)O. The van der Waals surface area contributed by atoms with E-state index in [1.54, 1.807) is 18.2 Å². The fourth-order valence-corrected chi connectivity index (χ4v) is 4.86. The molecule has 1 aromatic carbocycles. The lowest BCUT2D eigenvalue weighted by molar-refractivity contribution is 0.0687. The van der Waals surface area contributed by atoms with E-state index >= 15 is 0 Å². The van der Waals surface area contributed by atoms with Crippen molar-refractivity contribution in [3.8, 4) is 11.5 Å². The first kappa shape index (κ1) is 16.7. The van der Waals surface area contributed by atoms with Crippen molar-refractivity contribution in [2.45, 2.75) is 17.4 Å². The Morgan fingerprint density at radius 2 is 2.29 bits per heavy atom. The number of carbonyl (C=O) groups is 1. The molecule has 0 radical (unpaired) electrons. The average molecular weight is 370 g/mol. The lowest BCUT2D eigenvalue weighted by Gasteiger charge is -2.27. The van der Waals surface area contributed by atoms with Gasteiger partial charge < -0.3 is 14.6 Å². The Balaban J connectivity index is 1.95. The van der Waals surface area contributed by atoms with E-state index in [-0.39, 0.29) is 4.90 Å². The number of hydrogen-bond donors (Lipinski definition) is 2. The molecular formula is C14H14N2O6S2. The summed E-state index contributed by atoms with van der Waals surface area (Å²) in [5, 5.41) is 10.3. The van der Waals surface area contributed by atoms with Crippen LogP contribution in [0.4, 0.5) is 0 Å². The lowest BCUT2D eigenvalue weighted by Crippen LogP contribution is -2.33. The zero-order valence-corrected chi connectivity index (χ0v) is 14.2. The van der Waals surface area contributed by atoms with Crippen LogP contribution in [0.2, 0.25) is 0 Å². The van der Waals surface area contributed by atoms with Crippen LogP contribution in [0.25, 0.3) is 0 Å². The third-order valence-corrected chi connectivity index (χ3v) is 5.85. The van der Waals surface area contributed by atoms with Gasteiger partial charge in [0.25, 0.3) is 0 Å². The van der Waals surface area contributed by atoms with Gasteiger partial charge in [0.2, 0.25) is 10.0 Å². The number of rotatable bonds is 5. The highest BCUT2D eigenvalue weighted by molar-refractivity contribution is 7.89. The summed E-state index contributed by atoms with van der Waals surface area (Å²) in [5.74, 6) is -0.383. The Hall–Kier alpha value is -2.17. The molecular weight excluding hydrogens is 356 g/mol. The maximum atomic E-state index is 12.6. The van der Waals surface area contributed by atoms with E-state index in [0.29, 0.717) is 30.1 Å². The molecule has 24 heavy (non-hydrogen) atoms. The van der Waals surface area contributed by atoms with Crippen LogP contribution in [0.15, 0.2) is 28.5 Å². The molecule has 2 aromatic rings. The summed E-state index contributed by atoms with van der Waals surface area (Å²) < 4.78 is 42.1. The van der Waals surface area contributed by atoms with Gasteiger partial charge in [-0.1, -0.05) is 12.1 Å². The van der Waals surface area contributed by atoms with Gasteiger partial charge in [-0.2, -0.15) is 4.37 Å². The number of nitrogens with zero attached hydrogens (tertiary/aromatic N) is 1. The highest BCUT2D eigenvalue weighted by Gasteiger charge is 2.31. The van der Waals surface area contributed by atoms with Crippen LogP contribution in [0.3, 0.4) is 0 Å². The summed E-state index contributed by atoms with van der Waals surface area (Å²) in [6, 6.07) is 4.66. The van der Waals surface area contributed by atoms with Crippen molar-refractivity contribution in [1.29, 1.82) is 0 Å². The third-order valence-electron chi connectivity index (χ3n) is 3.58. The number of aromatic carboxylic acids is 1. The van der Waals surface area contributed by atoms with Gasteiger partial charge in [0.15, 0.2) is 17.2 Å². The number of carboxylic acid groups (broad SMARTS) is 1. The zero-order chi connectivity index (χ0) is 17.3. The zero-order valence-electron chi connectivity index (χ0n) is 12.6. The Bertz CT molecular complexity index is 877.